The summed E-state index contributed by atoms with van der Waals surface area (Å²) in [5.41, 5.74) is 7.00. The highest BCUT2D eigenvalue weighted by atomic mass is 32.2. The van der Waals surface area contributed by atoms with Crippen molar-refractivity contribution in [3.63, 3.8) is 0 Å². The van der Waals surface area contributed by atoms with Crippen molar-refractivity contribution < 1.29 is 28.9 Å². The Kier molecular flexibility index (Phi) is 8.46. The number of rotatable bonds is 11. The highest BCUT2D eigenvalue weighted by Crippen LogP contribution is 2.40. The van der Waals surface area contributed by atoms with Crippen molar-refractivity contribution in [3.8, 4) is 0 Å². The number of hydrogen-bond acceptors (Lipinski definition) is 11. The summed E-state index contributed by atoms with van der Waals surface area (Å²) in [5.74, 6) is -2.06. The second kappa shape index (κ2) is 11.8. The Labute approximate surface area is 227 Å². The number of nitrogen functional groups attached to an aromatic ring is 1. The molecule has 4 rings (SSSR count). The van der Waals surface area contributed by atoms with Crippen molar-refractivity contribution in [1.82, 2.24) is 19.6 Å². The average molecular weight is 562 g/mol. The lowest BCUT2D eigenvalue weighted by atomic mass is 10.0. The van der Waals surface area contributed by atoms with Crippen LogP contribution in [0.1, 0.15) is 26.6 Å². The predicted molar refractivity (Wildman–Crippen MR) is 142 cm³/mol. The van der Waals surface area contributed by atoms with E-state index in [9.17, 15) is 19.5 Å². The first-order valence-corrected chi connectivity index (χ1v) is 13.9. The minimum absolute atomic E-state index is 0.0178. The number of pyridine rings is 1. The quantitative estimate of drug-likeness (QED) is 0.151. The number of carboxylic acids is 1. The molecule has 4 heterocycles. The summed E-state index contributed by atoms with van der Waals surface area (Å²) in [6.45, 7) is 8.06. The number of thioether (sulfide) groups is 1. The van der Waals surface area contributed by atoms with Gasteiger partial charge in [-0.1, -0.05) is 5.16 Å². The number of oxime groups is 1. The van der Waals surface area contributed by atoms with E-state index in [1.54, 1.807) is 6.92 Å². The van der Waals surface area contributed by atoms with Crippen LogP contribution >= 0.6 is 23.3 Å². The highest BCUT2D eigenvalue weighted by Gasteiger charge is 2.54. The normalized spacial score (nSPS) is 19.1. The van der Waals surface area contributed by atoms with Crippen LogP contribution < -0.4 is 20.5 Å². The summed E-state index contributed by atoms with van der Waals surface area (Å²) >= 11 is 2.28. The molecule has 0 aromatic carbocycles. The molecular weight excluding hydrogens is 532 g/mol. The molecule has 15 heteroatoms. The first-order chi connectivity index (χ1) is 18.3. The van der Waals surface area contributed by atoms with Gasteiger partial charge in [-0.05, 0) is 26.8 Å². The van der Waals surface area contributed by atoms with Crippen LogP contribution in [-0.4, -0.2) is 79.7 Å². The van der Waals surface area contributed by atoms with Crippen molar-refractivity contribution in [3.05, 3.63) is 41.6 Å². The number of fused-ring (bicyclic) bond motifs is 1. The largest absolute Gasteiger partial charge is 0.477 e. The Balaban J connectivity index is 1.53. The van der Waals surface area contributed by atoms with Crippen molar-refractivity contribution in [2.24, 2.45) is 5.16 Å². The van der Waals surface area contributed by atoms with E-state index in [0.29, 0.717) is 17.9 Å². The molecule has 0 spiro atoms. The maximum Gasteiger partial charge on any atom is 0.352 e. The third-order valence-electron chi connectivity index (χ3n) is 6.03. The number of β-lactam (4-membered cyclic amide) rings is 1. The molecule has 2 aromatic rings. The maximum atomic E-state index is 13.1. The molecule has 0 saturated carbocycles. The Morgan fingerprint density at radius 1 is 1.37 bits per heavy atom. The predicted octanol–water partition coefficient (Wildman–Crippen LogP) is 0.433. The third-order valence-corrected chi connectivity index (χ3v) is 7.92. The summed E-state index contributed by atoms with van der Waals surface area (Å²) in [6, 6.07) is 2.98. The molecule has 1 fully saturated rings. The zero-order valence-corrected chi connectivity index (χ0v) is 22.8. The Hall–Kier alpha value is -3.72. The summed E-state index contributed by atoms with van der Waals surface area (Å²) in [5, 5.41) is 16.0. The second-order valence-electron chi connectivity index (χ2n) is 8.34. The number of amides is 2. The first-order valence-electron chi connectivity index (χ1n) is 12.0. The van der Waals surface area contributed by atoms with Crippen LogP contribution in [0.25, 0.3) is 0 Å². The van der Waals surface area contributed by atoms with Gasteiger partial charge in [0, 0.05) is 42.0 Å². The van der Waals surface area contributed by atoms with Gasteiger partial charge in [0.2, 0.25) is 11.5 Å². The summed E-state index contributed by atoms with van der Waals surface area (Å²) in [7, 11) is 0. The van der Waals surface area contributed by atoms with E-state index in [1.165, 1.54) is 16.7 Å². The van der Waals surface area contributed by atoms with Gasteiger partial charge >= 0.3 is 5.97 Å². The van der Waals surface area contributed by atoms with Gasteiger partial charge in [-0.3, -0.25) is 14.5 Å². The lowest BCUT2D eigenvalue weighted by molar-refractivity contribution is -0.688. The zero-order valence-electron chi connectivity index (χ0n) is 21.2. The monoisotopic (exact) mass is 561 g/mol. The molecule has 13 nitrogen and oxygen atoms in total. The molecule has 2 amide bonds. The summed E-state index contributed by atoms with van der Waals surface area (Å²) < 4.78 is 5.91. The molecule has 38 heavy (non-hydrogen) atoms. The molecule has 0 radical (unpaired) electrons. The molecule has 1 saturated heterocycles. The number of aromatic nitrogens is 3. The number of anilines is 2. The van der Waals surface area contributed by atoms with Gasteiger partial charge in [-0.15, -0.1) is 11.8 Å². The minimum Gasteiger partial charge on any atom is -0.477 e. The Morgan fingerprint density at radius 3 is 2.76 bits per heavy atom. The van der Waals surface area contributed by atoms with Crippen molar-refractivity contribution >= 4 is 57.6 Å². The fourth-order valence-electron chi connectivity index (χ4n) is 4.26. The Bertz CT molecular complexity index is 1290. The number of nitrogens with one attached hydrogen (secondary N) is 1. The summed E-state index contributed by atoms with van der Waals surface area (Å²) in [4.78, 5) is 50.8. The smallest absolute Gasteiger partial charge is 0.352 e. The molecule has 0 aliphatic carbocycles. The first kappa shape index (κ1) is 27.3. The lowest BCUT2D eigenvalue weighted by Gasteiger charge is -2.49. The van der Waals surface area contributed by atoms with Gasteiger partial charge in [0.15, 0.2) is 24.1 Å². The molecule has 2 aromatic heterocycles. The average Bonchev–Trinajstić information content (AvgIpc) is 3.33. The van der Waals surface area contributed by atoms with E-state index >= 15 is 0 Å². The molecule has 2 atom stereocenters. The minimum atomic E-state index is -1.19. The Morgan fingerprint density at radius 2 is 2.13 bits per heavy atom. The number of hydrogen-bond donors (Lipinski definition) is 3. The van der Waals surface area contributed by atoms with Gasteiger partial charge in [-0.2, -0.15) is 13.9 Å². The summed E-state index contributed by atoms with van der Waals surface area (Å²) in [6.07, 6.45) is 3.84. The van der Waals surface area contributed by atoms with Crippen LogP contribution in [0.15, 0.2) is 41.0 Å². The van der Waals surface area contributed by atoms with E-state index in [0.717, 1.165) is 30.3 Å². The van der Waals surface area contributed by atoms with Crippen LogP contribution in [0.5, 0.6) is 0 Å². The number of aliphatic carboxylic acids is 1. The number of carboxylic acid groups (broad SMARTS) is 1. The molecule has 2 aliphatic heterocycles. The molecular formula is C23H29N8O5S2+. The number of carbonyl (C=O) groups is 3. The van der Waals surface area contributed by atoms with Crippen molar-refractivity contribution in [2.45, 2.75) is 38.7 Å². The highest BCUT2D eigenvalue weighted by molar-refractivity contribution is 8.00. The maximum absolute atomic E-state index is 13.1. The molecule has 1 unspecified atom stereocenters. The van der Waals surface area contributed by atoms with E-state index in [1.807, 2.05) is 29.1 Å². The number of nitrogens with two attached hydrogens (primary N) is 1. The molecule has 0 bridgehead atoms. The fourth-order valence-corrected chi connectivity index (χ4v) is 6.03. The van der Waals surface area contributed by atoms with Crippen LogP contribution in [-0.2, 0) is 25.8 Å². The second-order valence-corrected chi connectivity index (χ2v) is 10.2. The van der Waals surface area contributed by atoms with Crippen molar-refractivity contribution in [2.75, 3.05) is 36.1 Å². The van der Waals surface area contributed by atoms with Gasteiger partial charge in [0.25, 0.3) is 11.8 Å². The fraction of sp³-hybridized carbons (Fsp3) is 0.435. The molecule has 2 aliphatic rings. The third kappa shape index (κ3) is 5.43. The zero-order chi connectivity index (χ0) is 27.4. The number of nitrogens with zero attached hydrogens (tertiary/aromatic N) is 6. The molecule has 202 valence electrons. The van der Waals surface area contributed by atoms with Crippen LogP contribution in [0, 0.1) is 0 Å². The van der Waals surface area contributed by atoms with Crippen molar-refractivity contribution in [1.29, 1.82) is 0 Å². The lowest BCUT2D eigenvalue weighted by Crippen LogP contribution is -2.71. The van der Waals surface area contributed by atoms with Gasteiger partial charge in [0.05, 0.1) is 0 Å². The molecule has 4 N–H and O–H groups in total. The number of carbonyl (C=O) groups excluding carboxylic acids is 2. The van der Waals surface area contributed by atoms with Gasteiger partial charge < -0.3 is 25.9 Å². The van der Waals surface area contributed by atoms with E-state index in [-0.39, 0.29) is 29.0 Å². The van der Waals surface area contributed by atoms with Gasteiger partial charge in [0.1, 0.15) is 29.4 Å². The van der Waals surface area contributed by atoms with Crippen LogP contribution in [0.4, 0.5) is 10.8 Å². The standard InChI is InChI=1S/C23H28N8O5S2/c1-4-30(5-2)14-8-7-9-29(11-14)10-13-12-37-21-16(20(33)31(21)17(13)22(34)35)25-19(32)15(27-36-6-3)18-26-23(24)38-28-18/h7-9,11,16,21H,4-6,10,12H2,1-3H3,(H3-,24,25,26,28,32,34,35)/p+1/t16?,21-/m1/s1. The van der Waals surface area contributed by atoms with E-state index in [4.69, 9.17) is 10.6 Å². The van der Waals surface area contributed by atoms with Gasteiger partial charge in [-0.25, -0.2) is 4.79 Å². The topological polar surface area (TPSA) is 167 Å². The SMILES string of the molecule is CCON=C(C(=O)NC1C(=O)N2C(C(=O)O)=C(C[n+]3cccc(N(CC)CC)c3)CS[C@H]12)c1nsc(N)n1. The van der Waals surface area contributed by atoms with E-state index < -0.39 is 29.2 Å². The van der Waals surface area contributed by atoms with E-state index in [2.05, 4.69) is 38.6 Å². The van der Waals surface area contributed by atoms with Crippen LogP contribution in [0.2, 0.25) is 0 Å². The van der Waals surface area contributed by atoms with Crippen LogP contribution in [0.3, 0.4) is 0 Å².